The highest BCUT2D eigenvalue weighted by atomic mass is 19.1. The molecule has 0 bridgehead atoms. The Morgan fingerprint density at radius 2 is 2.14 bits per heavy atom. The lowest BCUT2D eigenvalue weighted by atomic mass is 10.1. The Bertz CT molecular complexity index is 363. The van der Waals surface area contributed by atoms with Crippen LogP contribution in [-0.4, -0.2) is 25.1 Å². The third-order valence-electron chi connectivity index (χ3n) is 1.82. The van der Waals surface area contributed by atoms with Crippen LogP contribution in [0.1, 0.15) is 5.56 Å². The summed E-state index contributed by atoms with van der Waals surface area (Å²) in [4.78, 5) is 1.76. The molecular weight excluding hydrogens is 185 g/mol. The Kier molecular flexibility index (Phi) is 2.91. The summed E-state index contributed by atoms with van der Waals surface area (Å²) in [5.74, 6) is -0.523. The zero-order chi connectivity index (χ0) is 10.7. The maximum absolute atomic E-state index is 12.9. The van der Waals surface area contributed by atoms with Gasteiger partial charge >= 0.3 is 0 Å². The van der Waals surface area contributed by atoms with Crippen LogP contribution in [0.15, 0.2) is 23.4 Å². The molecular formula is C9H12FN3O. The van der Waals surface area contributed by atoms with Crippen LogP contribution in [0.2, 0.25) is 0 Å². The minimum absolute atomic E-state index is 0.104. The predicted molar refractivity (Wildman–Crippen MR) is 53.2 cm³/mol. The molecule has 1 aromatic rings. The molecule has 0 radical (unpaired) electrons. The topological polar surface area (TPSA) is 61.8 Å². The molecule has 0 spiro atoms. The van der Waals surface area contributed by atoms with Gasteiger partial charge in [-0.2, -0.15) is 0 Å². The second-order valence-electron chi connectivity index (χ2n) is 3.04. The van der Waals surface area contributed by atoms with E-state index in [0.29, 0.717) is 11.3 Å². The second kappa shape index (κ2) is 3.95. The van der Waals surface area contributed by atoms with Crippen LogP contribution in [-0.2, 0) is 0 Å². The Morgan fingerprint density at radius 1 is 1.50 bits per heavy atom. The summed E-state index contributed by atoms with van der Waals surface area (Å²) in [6, 6.07) is 4.12. The van der Waals surface area contributed by atoms with Crippen LogP contribution in [0.3, 0.4) is 0 Å². The first-order valence-corrected chi connectivity index (χ1v) is 4.01. The van der Waals surface area contributed by atoms with Crippen molar-refractivity contribution in [2.45, 2.75) is 0 Å². The van der Waals surface area contributed by atoms with Crippen LogP contribution in [0.25, 0.3) is 0 Å². The Morgan fingerprint density at radius 3 is 2.64 bits per heavy atom. The van der Waals surface area contributed by atoms with Crippen molar-refractivity contribution in [2.75, 3.05) is 19.0 Å². The van der Waals surface area contributed by atoms with Gasteiger partial charge in [-0.1, -0.05) is 5.16 Å². The molecule has 0 aliphatic heterocycles. The van der Waals surface area contributed by atoms with Crippen molar-refractivity contribution in [2.24, 2.45) is 10.9 Å². The van der Waals surface area contributed by atoms with Crippen molar-refractivity contribution in [3.63, 3.8) is 0 Å². The van der Waals surface area contributed by atoms with Gasteiger partial charge in [0.1, 0.15) is 5.82 Å². The molecule has 0 aliphatic rings. The van der Waals surface area contributed by atoms with Gasteiger partial charge in [-0.05, 0) is 18.2 Å². The summed E-state index contributed by atoms with van der Waals surface area (Å²) in [6.45, 7) is 0. The number of rotatable bonds is 2. The molecule has 0 saturated carbocycles. The standard InChI is InChI=1S/C9H12FN3O/c1-13(2)8-4-3-6(10)5-7(8)9(11)12-14/h3-5,14H,1-2H3,(H2,11,12). The number of hydrogen-bond acceptors (Lipinski definition) is 3. The number of hydrogen-bond donors (Lipinski definition) is 2. The lowest BCUT2D eigenvalue weighted by Gasteiger charge is -2.16. The van der Waals surface area contributed by atoms with E-state index >= 15 is 0 Å². The molecule has 1 aromatic carbocycles. The minimum atomic E-state index is -0.419. The first-order chi connectivity index (χ1) is 6.56. The van der Waals surface area contributed by atoms with Crippen molar-refractivity contribution < 1.29 is 9.60 Å². The SMILES string of the molecule is CN(C)c1ccc(F)cc1C(N)=NO. The first-order valence-electron chi connectivity index (χ1n) is 4.01. The molecule has 3 N–H and O–H groups in total. The molecule has 0 aromatic heterocycles. The summed E-state index contributed by atoms with van der Waals surface area (Å²) in [6.07, 6.45) is 0. The Hall–Kier alpha value is -1.78. The molecule has 14 heavy (non-hydrogen) atoms. The summed E-state index contributed by atoms with van der Waals surface area (Å²) in [7, 11) is 3.59. The van der Waals surface area contributed by atoms with Crippen LogP contribution < -0.4 is 10.6 Å². The molecule has 0 amide bonds. The molecule has 4 nitrogen and oxygen atoms in total. The average molecular weight is 197 g/mol. The first kappa shape index (κ1) is 10.3. The smallest absolute Gasteiger partial charge is 0.172 e. The molecule has 0 fully saturated rings. The van der Waals surface area contributed by atoms with Gasteiger partial charge in [0.05, 0.1) is 0 Å². The lowest BCUT2D eigenvalue weighted by Crippen LogP contribution is -2.19. The highest BCUT2D eigenvalue weighted by Gasteiger charge is 2.09. The van der Waals surface area contributed by atoms with Crippen LogP contribution >= 0.6 is 0 Å². The van der Waals surface area contributed by atoms with E-state index in [1.54, 1.807) is 25.1 Å². The molecule has 1 rings (SSSR count). The number of oxime groups is 1. The number of amidine groups is 1. The zero-order valence-electron chi connectivity index (χ0n) is 8.03. The highest BCUT2D eigenvalue weighted by Crippen LogP contribution is 2.19. The Labute approximate surface area is 81.4 Å². The molecule has 0 aliphatic carbocycles. The van der Waals surface area contributed by atoms with Gasteiger partial charge in [0.2, 0.25) is 0 Å². The highest BCUT2D eigenvalue weighted by molar-refractivity contribution is 6.02. The molecule has 0 unspecified atom stereocenters. The second-order valence-corrected chi connectivity index (χ2v) is 3.04. The fraction of sp³-hybridized carbons (Fsp3) is 0.222. The molecule has 0 heterocycles. The van der Waals surface area contributed by atoms with E-state index < -0.39 is 5.82 Å². The van der Waals surface area contributed by atoms with Gasteiger partial charge < -0.3 is 15.8 Å². The van der Waals surface area contributed by atoms with Crippen molar-refractivity contribution >= 4 is 11.5 Å². The third kappa shape index (κ3) is 1.93. The van der Waals surface area contributed by atoms with Gasteiger partial charge in [-0.15, -0.1) is 0 Å². The minimum Gasteiger partial charge on any atom is -0.409 e. The van der Waals surface area contributed by atoms with E-state index in [1.165, 1.54) is 12.1 Å². The van der Waals surface area contributed by atoms with Gasteiger partial charge in [-0.3, -0.25) is 0 Å². The Balaban J connectivity index is 3.30. The monoisotopic (exact) mass is 197 g/mol. The van der Waals surface area contributed by atoms with Crippen LogP contribution in [0.5, 0.6) is 0 Å². The number of nitrogens with zero attached hydrogens (tertiary/aromatic N) is 2. The summed E-state index contributed by atoms with van der Waals surface area (Å²) >= 11 is 0. The normalized spacial score (nSPS) is 11.5. The summed E-state index contributed by atoms with van der Waals surface area (Å²) in [5, 5.41) is 11.4. The predicted octanol–water partition coefficient (Wildman–Crippen LogP) is 0.986. The van der Waals surface area contributed by atoms with E-state index in [2.05, 4.69) is 5.16 Å². The molecule has 76 valence electrons. The zero-order valence-corrected chi connectivity index (χ0v) is 8.03. The largest absolute Gasteiger partial charge is 0.409 e. The fourth-order valence-electron chi connectivity index (χ4n) is 1.16. The van der Waals surface area contributed by atoms with E-state index in [9.17, 15) is 4.39 Å². The molecule has 0 atom stereocenters. The van der Waals surface area contributed by atoms with Crippen molar-refractivity contribution in [3.8, 4) is 0 Å². The van der Waals surface area contributed by atoms with Gasteiger partial charge in [-0.25, -0.2) is 4.39 Å². The van der Waals surface area contributed by atoms with Crippen molar-refractivity contribution in [1.29, 1.82) is 0 Å². The quantitative estimate of drug-likeness (QED) is 0.321. The van der Waals surface area contributed by atoms with E-state index in [4.69, 9.17) is 10.9 Å². The maximum atomic E-state index is 12.9. The third-order valence-corrected chi connectivity index (χ3v) is 1.82. The van der Waals surface area contributed by atoms with Gasteiger partial charge in [0, 0.05) is 25.3 Å². The van der Waals surface area contributed by atoms with E-state index in [0.717, 1.165) is 0 Å². The van der Waals surface area contributed by atoms with Crippen molar-refractivity contribution in [3.05, 3.63) is 29.6 Å². The van der Waals surface area contributed by atoms with Crippen LogP contribution in [0, 0.1) is 5.82 Å². The average Bonchev–Trinajstić information content (AvgIpc) is 2.16. The number of halogens is 1. The fourth-order valence-corrected chi connectivity index (χ4v) is 1.16. The number of anilines is 1. The van der Waals surface area contributed by atoms with Crippen molar-refractivity contribution in [1.82, 2.24) is 0 Å². The number of benzene rings is 1. The van der Waals surface area contributed by atoms with E-state index in [-0.39, 0.29) is 5.84 Å². The number of nitrogens with two attached hydrogens (primary N) is 1. The van der Waals surface area contributed by atoms with Gasteiger partial charge in [0.25, 0.3) is 0 Å². The summed E-state index contributed by atoms with van der Waals surface area (Å²) in [5.41, 5.74) is 6.48. The molecule has 0 saturated heterocycles. The lowest BCUT2D eigenvalue weighted by molar-refractivity contribution is 0.318. The van der Waals surface area contributed by atoms with E-state index in [1.807, 2.05) is 0 Å². The maximum Gasteiger partial charge on any atom is 0.172 e. The summed E-state index contributed by atoms with van der Waals surface area (Å²) < 4.78 is 12.9. The van der Waals surface area contributed by atoms with Gasteiger partial charge in [0.15, 0.2) is 5.84 Å². The van der Waals surface area contributed by atoms with Crippen LogP contribution in [0.4, 0.5) is 10.1 Å². The molecule has 5 heteroatoms.